The van der Waals surface area contributed by atoms with E-state index in [0.29, 0.717) is 18.2 Å². The van der Waals surface area contributed by atoms with E-state index in [1.165, 1.54) is 31.3 Å². The average Bonchev–Trinajstić information content (AvgIpc) is 2.73. The van der Waals surface area contributed by atoms with Crippen LogP contribution >= 0.6 is 0 Å². The third-order valence-corrected chi connectivity index (χ3v) is 4.61. The molecule has 2 N–H and O–H groups in total. The Morgan fingerprint density at radius 3 is 2.78 bits per heavy atom. The Hall–Kier alpha value is -2.89. The zero-order chi connectivity index (χ0) is 18.9. The molecule has 0 aliphatic heterocycles. The number of hydrogen-bond acceptors (Lipinski definition) is 5. The molecule has 0 saturated carbocycles. The molecule has 27 heavy (non-hydrogen) atoms. The maximum Gasteiger partial charge on any atom is 0.270 e. The van der Waals surface area contributed by atoms with Gasteiger partial charge in [-0.2, -0.15) is 0 Å². The number of benzene rings is 1. The van der Waals surface area contributed by atoms with Crippen LogP contribution in [-0.2, 0) is 6.54 Å². The van der Waals surface area contributed by atoms with Crippen LogP contribution in [0.4, 0.5) is 5.95 Å². The second-order valence-electron chi connectivity index (χ2n) is 6.58. The van der Waals surface area contributed by atoms with Gasteiger partial charge in [-0.05, 0) is 55.9 Å². The van der Waals surface area contributed by atoms with Crippen molar-refractivity contribution in [3.63, 3.8) is 0 Å². The minimum Gasteiger partial charge on any atom is -0.497 e. The molecule has 142 valence electrons. The van der Waals surface area contributed by atoms with Gasteiger partial charge in [0.25, 0.3) is 5.91 Å². The Bertz CT molecular complexity index is 787. The summed E-state index contributed by atoms with van der Waals surface area (Å²) in [5.74, 6) is 1.07. The molecule has 1 amide bonds. The standard InChI is InChI=1S/C21H26N4O2/c1-27-18-9-7-17(8-10-18)15-24-20(26)19-12-14-23-21(25-19)22-13-11-16-5-3-2-4-6-16/h5,7-10,12,14H,2-4,6,11,13,15H2,1H3,(H,24,26)(H,22,23,25). The van der Waals surface area contributed by atoms with Crippen LogP contribution in [0.2, 0.25) is 0 Å². The summed E-state index contributed by atoms with van der Waals surface area (Å²) in [7, 11) is 1.63. The lowest BCUT2D eigenvalue weighted by Gasteiger charge is -2.13. The van der Waals surface area contributed by atoms with Crippen molar-refractivity contribution >= 4 is 11.9 Å². The molecule has 1 aromatic heterocycles. The largest absolute Gasteiger partial charge is 0.497 e. The molecule has 0 unspecified atom stereocenters. The van der Waals surface area contributed by atoms with Crippen LogP contribution in [0.3, 0.4) is 0 Å². The lowest BCUT2D eigenvalue weighted by atomic mass is 9.97. The van der Waals surface area contributed by atoms with Gasteiger partial charge in [0.15, 0.2) is 0 Å². The lowest BCUT2D eigenvalue weighted by molar-refractivity contribution is 0.0946. The molecule has 0 saturated heterocycles. The van der Waals surface area contributed by atoms with E-state index in [1.807, 2.05) is 24.3 Å². The van der Waals surface area contributed by atoms with E-state index in [1.54, 1.807) is 19.4 Å². The maximum atomic E-state index is 12.4. The second kappa shape index (κ2) is 9.71. The van der Waals surface area contributed by atoms with Gasteiger partial charge in [0.2, 0.25) is 5.95 Å². The van der Waals surface area contributed by atoms with Gasteiger partial charge in [-0.15, -0.1) is 0 Å². The first kappa shape index (κ1) is 18.9. The fourth-order valence-corrected chi connectivity index (χ4v) is 3.05. The van der Waals surface area contributed by atoms with Crippen molar-refractivity contribution in [1.29, 1.82) is 0 Å². The minimum atomic E-state index is -0.216. The average molecular weight is 366 g/mol. The third kappa shape index (κ3) is 5.81. The zero-order valence-corrected chi connectivity index (χ0v) is 15.7. The number of rotatable bonds is 8. The van der Waals surface area contributed by atoms with E-state index in [2.05, 4.69) is 26.7 Å². The molecular formula is C21H26N4O2. The van der Waals surface area contributed by atoms with Crippen LogP contribution in [-0.4, -0.2) is 29.5 Å². The van der Waals surface area contributed by atoms with Crippen molar-refractivity contribution in [3.05, 3.63) is 59.4 Å². The van der Waals surface area contributed by atoms with Gasteiger partial charge in [0.05, 0.1) is 7.11 Å². The predicted molar refractivity (Wildman–Crippen MR) is 106 cm³/mol. The third-order valence-electron chi connectivity index (χ3n) is 4.61. The minimum absolute atomic E-state index is 0.216. The van der Waals surface area contributed by atoms with Crippen LogP contribution in [0.25, 0.3) is 0 Å². The van der Waals surface area contributed by atoms with Crippen LogP contribution < -0.4 is 15.4 Å². The molecule has 6 nitrogen and oxygen atoms in total. The number of allylic oxidation sites excluding steroid dienone is 1. The number of methoxy groups -OCH3 is 1. The Labute approximate surface area is 160 Å². The molecule has 0 radical (unpaired) electrons. The highest BCUT2D eigenvalue weighted by Gasteiger charge is 2.09. The molecule has 0 spiro atoms. The van der Waals surface area contributed by atoms with E-state index in [9.17, 15) is 4.79 Å². The van der Waals surface area contributed by atoms with Crippen molar-refractivity contribution in [3.8, 4) is 5.75 Å². The molecule has 0 bridgehead atoms. The van der Waals surface area contributed by atoms with Crippen LogP contribution in [0.1, 0.15) is 48.2 Å². The summed E-state index contributed by atoms with van der Waals surface area (Å²) in [6, 6.07) is 9.21. The Morgan fingerprint density at radius 1 is 1.19 bits per heavy atom. The van der Waals surface area contributed by atoms with E-state index in [-0.39, 0.29) is 5.91 Å². The van der Waals surface area contributed by atoms with Crippen LogP contribution in [0.5, 0.6) is 5.75 Å². The second-order valence-corrected chi connectivity index (χ2v) is 6.58. The van der Waals surface area contributed by atoms with E-state index >= 15 is 0 Å². The van der Waals surface area contributed by atoms with Gasteiger partial charge in [0, 0.05) is 19.3 Å². The predicted octanol–water partition coefficient (Wildman–Crippen LogP) is 3.72. The molecule has 6 heteroatoms. The topological polar surface area (TPSA) is 76.1 Å². The Kier molecular flexibility index (Phi) is 6.79. The Morgan fingerprint density at radius 2 is 2.04 bits per heavy atom. The van der Waals surface area contributed by atoms with E-state index in [0.717, 1.165) is 24.3 Å². The number of anilines is 1. The van der Waals surface area contributed by atoms with Crippen molar-refractivity contribution in [1.82, 2.24) is 15.3 Å². The summed E-state index contributed by atoms with van der Waals surface area (Å²) in [4.78, 5) is 20.9. The number of carbonyl (C=O) groups is 1. The molecule has 1 aromatic carbocycles. The summed E-state index contributed by atoms with van der Waals surface area (Å²) in [5, 5.41) is 6.10. The maximum absolute atomic E-state index is 12.4. The molecule has 1 aliphatic carbocycles. The summed E-state index contributed by atoms with van der Waals surface area (Å²) in [5.41, 5.74) is 2.86. The first-order valence-corrected chi connectivity index (χ1v) is 9.40. The Balaban J connectivity index is 1.49. The molecule has 3 rings (SSSR count). The van der Waals surface area contributed by atoms with Gasteiger partial charge in [-0.3, -0.25) is 4.79 Å². The van der Waals surface area contributed by atoms with Crippen molar-refractivity contribution < 1.29 is 9.53 Å². The number of ether oxygens (including phenoxy) is 1. The molecular weight excluding hydrogens is 340 g/mol. The van der Waals surface area contributed by atoms with Crippen LogP contribution in [0.15, 0.2) is 48.2 Å². The molecule has 0 atom stereocenters. The first-order chi connectivity index (χ1) is 13.2. The lowest BCUT2D eigenvalue weighted by Crippen LogP contribution is -2.24. The summed E-state index contributed by atoms with van der Waals surface area (Å²) < 4.78 is 5.13. The van der Waals surface area contributed by atoms with Gasteiger partial charge in [-0.25, -0.2) is 9.97 Å². The number of nitrogens with one attached hydrogen (secondary N) is 2. The quantitative estimate of drug-likeness (QED) is 0.697. The van der Waals surface area contributed by atoms with Crippen molar-refractivity contribution in [2.45, 2.75) is 38.6 Å². The number of nitrogens with zero attached hydrogens (tertiary/aromatic N) is 2. The highest BCUT2D eigenvalue weighted by Crippen LogP contribution is 2.19. The normalized spacial score (nSPS) is 13.6. The summed E-state index contributed by atoms with van der Waals surface area (Å²) in [6.07, 6.45) is 9.91. The van der Waals surface area contributed by atoms with Gasteiger partial charge in [-0.1, -0.05) is 23.8 Å². The number of carbonyl (C=O) groups excluding carboxylic acids is 1. The van der Waals surface area contributed by atoms with E-state index < -0.39 is 0 Å². The van der Waals surface area contributed by atoms with Crippen molar-refractivity contribution in [2.75, 3.05) is 19.0 Å². The van der Waals surface area contributed by atoms with Crippen molar-refractivity contribution in [2.24, 2.45) is 0 Å². The van der Waals surface area contributed by atoms with Gasteiger partial charge < -0.3 is 15.4 Å². The fraction of sp³-hybridized carbons (Fsp3) is 0.381. The fourth-order valence-electron chi connectivity index (χ4n) is 3.05. The number of amides is 1. The number of hydrogen-bond donors (Lipinski definition) is 2. The number of aromatic nitrogens is 2. The first-order valence-electron chi connectivity index (χ1n) is 9.40. The molecule has 2 aromatic rings. The highest BCUT2D eigenvalue weighted by molar-refractivity contribution is 5.92. The van der Waals surface area contributed by atoms with Crippen LogP contribution in [0, 0.1) is 0 Å². The smallest absolute Gasteiger partial charge is 0.270 e. The van der Waals surface area contributed by atoms with Gasteiger partial charge >= 0.3 is 0 Å². The van der Waals surface area contributed by atoms with Gasteiger partial charge in [0.1, 0.15) is 11.4 Å². The highest BCUT2D eigenvalue weighted by atomic mass is 16.5. The molecule has 1 aliphatic rings. The zero-order valence-electron chi connectivity index (χ0n) is 15.7. The summed E-state index contributed by atoms with van der Waals surface area (Å²) in [6.45, 7) is 1.21. The van der Waals surface area contributed by atoms with E-state index in [4.69, 9.17) is 4.74 Å². The molecule has 0 fully saturated rings. The molecule has 1 heterocycles. The monoisotopic (exact) mass is 366 g/mol. The SMILES string of the molecule is COc1ccc(CNC(=O)c2ccnc(NCCC3=CCCCC3)n2)cc1. The summed E-state index contributed by atoms with van der Waals surface area (Å²) >= 11 is 0.